The number of thiazole rings is 1. The number of ether oxygens (including phenoxy) is 2. The molecule has 2 aromatic carbocycles. The predicted molar refractivity (Wildman–Crippen MR) is 120 cm³/mol. The van der Waals surface area contributed by atoms with E-state index in [9.17, 15) is 4.79 Å². The van der Waals surface area contributed by atoms with E-state index in [-0.39, 0.29) is 5.92 Å². The molecule has 2 saturated heterocycles. The highest BCUT2D eigenvalue weighted by Gasteiger charge is 2.37. The van der Waals surface area contributed by atoms with Crippen LogP contribution in [-0.2, 0) is 11.3 Å². The number of fused-ring (bicyclic) bond motifs is 2. The van der Waals surface area contributed by atoms with Crippen LogP contribution in [0.25, 0.3) is 10.2 Å². The molecule has 31 heavy (non-hydrogen) atoms. The van der Waals surface area contributed by atoms with Crippen molar-refractivity contribution in [2.24, 2.45) is 5.92 Å². The van der Waals surface area contributed by atoms with Crippen LogP contribution in [0.4, 0.5) is 5.13 Å². The van der Waals surface area contributed by atoms with E-state index >= 15 is 0 Å². The Morgan fingerprint density at radius 1 is 1.03 bits per heavy atom. The summed E-state index contributed by atoms with van der Waals surface area (Å²) in [5, 5.41) is 1.03. The first-order valence-electron chi connectivity index (χ1n) is 10.7. The van der Waals surface area contributed by atoms with Gasteiger partial charge in [0, 0.05) is 45.8 Å². The van der Waals surface area contributed by atoms with Gasteiger partial charge in [0.05, 0.1) is 16.1 Å². The lowest BCUT2D eigenvalue weighted by Crippen LogP contribution is -2.57. The first kappa shape index (κ1) is 18.9. The highest BCUT2D eigenvalue weighted by Crippen LogP contribution is 2.34. The molecule has 4 heterocycles. The van der Waals surface area contributed by atoms with Gasteiger partial charge in [0.2, 0.25) is 12.7 Å². The highest BCUT2D eigenvalue weighted by molar-refractivity contribution is 7.22. The molecule has 2 fully saturated rings. The number of para-hydroxylation sites is 1. The number of carbonyl (C=O) groups excluding carboxylic acids is 1. The van der Waals surface area contributed by atoms with Gasteiger partial charge in [-0.1, -0.05) is 29.5 Å². The molecule has 0 unspecified atom stereocenters. The molecular formula is C23H24N4O3S. The molecule has 7 nitrogen and oxygen atoms in total. The molecule has 1 amide bonds. The third kappa shape index (κ3) is 3.59. The molecule has 3 aliphatic rings. The first-order valence-corrected chi connectivity index (χ1v) is 11.5. The lowest BCUT2D eigenvalue weighted by molar-refractivity contribution is -0.138. The fourth-order valence-electron chi connectivity index (χ4n) is 4.47. The maximum atomic E-state index is 13.0. The molecule has 0 atom stereocenters. The van der Waals surface area contributed by atoms with Crippen LogP contribution >= 0.6 is 11.3 Å². The van der Waals surface area contributed by atoms with Crippen LogP contribution in [0, 0.1) is 5.92 Å². The van der Waals surface area contributed by atoms with E-state index in [0.717, 1.165) is 68.0 Å². The zero-order valence-corrected chi connectivity index (χ0v) is 18.0. The van der Waals surface area contributed by atoms with E-state index in [2.05, 4.69) is 28.0 Å². The minimum absolute atomic E-state index is 0.0902. The third-order valence-corrected chi connectivity index (χ3v) is 7.41. The fourth-order valence-corrected chi connectivity index (χ4v) is 5.45. The predicted octanol–water partition coefficient (Wildman–Crippen LogP) is 2.81. The molecule has 1 aromatic heterocycles. The molecule has 3 aromatic rings. The molecule has 0 radical (unpaired) electrons. The van der Waals surface area contributed by atoms with Gasteiger partial charge in [-0.2, -0.15) is 0 Å². The van der Waals surface area contributed by atoms with Crippen molar-refractivity contribution in [1.82, 2.24) is 14.8 Å². The Labute approximate surface area is 184 Å². The zero-order chi connectivity index (χ0) is 20.8. The van der Waals surface area contributed by atoms with Crippen molar-refractivity contribution in [2.75, 3.05) is 51.0 Å². The molecular weight excluding hydrogens is 412 g/mol. The van der Waals surface area contributed by atoms with Crippen LogP contribution < -0.4 is 14.4 Å². The normalized spacial score (nSPS) is 19.1. The minimum Gasteiger partial charge on any atom is -0.454 e. The summed E-state index contributed by atoms with van der Waals surface area (Å²) in [4.78, 5) is 24.3. The number of hydrogen-bond donors (Lipinski definition) is 0. The van der Waals surface area contributed by atoms with Crippen molar-refractivity contribution in [1.29, 1.82) is 0 Å². The summed E-state index contributed by atoms with van der Waals surface area (Å²) in [7, 11) is 0. The number of hydrogen-bond acceptors (Lipinski definition) is 7. The average Bonchev–Trinajstić information content (AvgIpc) is 3.39. The van der Waals surface area contributed by atoms with Crippen LogP contribution in [-0.4, -0.2) is 66.8 Å². The number of anilines is 1. The molecule has 160 valence electrons. The summed E-state index contributed by atoms with van der Waals surface area (Å²) in [6.45, 7) is 6.10. The van der Waals surface area contributed by atoms with Crippen molar-refractivity contribution in [3.63, 3.8) is 0 Å². The largest absolute Gasteiger partial charge is 0.454 e. The SMILES string of the molecule is O=C(C1CN(c2nc3ccccc3s2)C1)N1CCN(Cc2ccc3c(c2)OCO3)CC1. The van der Waals surface area contributed by atoms with Crippen LogP contribution in [0.2, 0.25) is 0 Å². The molecule has 6 rings (SSSR count). The second kappa shape index (κ2) is 7.69. The van der Waals surface area contributed by atoms with Gasteiger partial charge in [-0.25, -0.2) is 4.98 Å². The van der Waals surface area contributed by atoms with Gasteiger partial charge in [-0.05, 0) is 29.8 Å². The van der Waals surface area contributed by atoms with Crippen molar-refractivity contribution in [2.45, 2.75) is 6.54 Å². The van der Waals surface area contributed by atoms with Gasteiger partial charge in [-0.15, -0.1) is 0 Å². The van der Waals surface area contributed by atoms with Gasteiger partial charge >= 0.3 is 0 Å². The highest BCUT2D eigenvalue weighted by atomic mass is 32.1. The summed E-state index contributed by atoms with van der Waals surface area (Å²) in [5.74, 6) is 2.03. The Balaban J connectivity index is 1.00. The van der Waals surface area contributed by atoms with Crippen molar-refractivity contribution >= 4 is 32.6 Å². The molecule has 8 heteroatoms. The number of rotatable bonds is 4. The topological polar surface area (TPSA) is 58.1 Å². The Morgan fingerprint density at radius 3 is 2.68 bits per heavy atom. The average molecular weight is 437 g/mol. The Morgan fingerprint density at radius 2 is 1.84 bits per heavy atom. The van der Waals surface area contributed by atoms with E-state index in [1.54, 1.807) is 11.3 Å². The molecule has 0 aliphatic carbocycles. The van der Waals surface area contributed by atoms with E-state index in [1.807, 2.05) is 29.2 Å². The summed E-state index contributed by atoms with van der Waals surface area (Å²) < 4.78 is 12.1. The molecule has 3 aliphatic heterocycles. The molecule has 0 bridgehead atoms. The number of nitrogens with zero attached hydrogens (tertiary/aromatic N) is 4. The van der Waals surface area contributed by atoms with Crippen molar-refractivity contribution in [3.05, 3.63) is 48.0 Å². The minimum atomic E-state index is 0.0902. The maximum absolute atomic E-state index is 13.0. The second-order valence-corrected chi connectivity index (χ2v) is 9.36. The molecule has 0 saturated carbocycles. The standard InChI is InChI=1S/C23H24N4O3S/c28-22(17-13-27(14-17)23-24-18-3-1-2-4-21(18)31-23)26-9-7-25(8-10-26)12-16-5-6-19-20(11-16)30-15-29-19/h1-6,11,17H,7-10,12-15H2. The van der Waals surface area contributed by atoms with Crippen molar-refractivity contribution < 1.29 is 14.3 Å². The van der Waals surface area contributed by atoms with Crippen LogP contribution in [0.3, 0.4) is 0 Å². The first-order chi connectivity index (χ1) is 15.2. The van der Waals surface area contributed by atoms with Gasteiger partial charge < -0.3 is 19.3 Å². The van der Waals surface area contributed by atoms with Crippen LogP contribution in [0.5, 0.6) is 11.5 Å². The van der Waals surface area contributed by atoms with Gasteiger partial charge in [0.1, 0.15) is 0 Å². The van der Waals surface area contributed by atoms with Gasteiger partial charge in [0.15, 0.2) is 16.6 Å². The van der Waals surface area contributed by atoms with Gasteiger partial charge in [-0.3, -0.25) is 9.69 Å². The Kier molecular flexibility index (Phi) is 4.69. The maximum Gasteiger partial charge on any atom is 0.231 e. The fraction of sp³-hybridized carbons (Fsp3) is 0.391. The number of amides is 1. The van der Waals surface area contributed by atoms with Crippen LogP contribution in [0.1, 0.15) is 5.56 Å². The number of carbonyl (C=O) groups is 1. The molecule has 0 N–H and O–H groups in total. The zero-order valence-electron chi connectivity index (χ0n) is 17.2. The monoisotopic (exact) mass is 436 g/mol. The lowest BCUT2D eigenvalue weighted by atomic mass is 9.99. The quantitative estimate of drug-likeness (QED) is 0.627. The summed E-state index contributed by atoms with van der Waals surface area (Å²) in [6.07, 6.45) is 0. The summed E-state index contributed by atoms with van der Waals surface area (Å²) >= 11 is 1.71. The second-order valence-electron chi connectivity index (χ2n) is 8.36. The Hall–Kier alpha value is -2.84. The van der Waals surface area contributed by atoms with Crippen molar-refractivity contribution in [3.8, 4) is 11.5 Å². The molecule has 0 spiro atoms. The van der Waals surface area contributed by atoms with E-state index < -0.39 is 0 Å². The third-order valence-electron chi connectivity index (χ3n) is 6.31. The lowest BCUT2D eigenvalue weighted by Gasteiger charge is -2.42. The number of benzene rings is 2. The number of aromatic nitrogens is 1. The van der Waals surface area contributed by atoms with E-state index in [4.69, 9.17) is 14.5 Å². The van der Waals surface area contributed by atoms with Gasteiger partial charge in [0.25, 0.3) is 0 Å². The van der Waals surface area contributed by atoms with Crippen LogP contribution in [0.15, 0.2) is 42.5 Å². The Bertz CT molecular complexity index is 1090. The van der Waals surface area contributed by atoms with E-state index in [0.29, 0.717) is 12.7 Å². The smallest absolute Gasteiger partial charge is 0.231 e. The summed E-state index contributed by atoms with van der Waals surface area (Å²) in [6, 6.07) is 14.3. The van der Waals surface area contributed by atoms with E-state index in [1.165, 1.54) is 10.3 Å². The summed E-state index contributed by atoms with van der Waals surface area (Å²) in [5.41, 5.74) is 2.25. The number of piperazine rings is 1.